The van der Waals surface area contributed by atoms with E-state index < -0.39 is 0 Å². The van der Waals surface area contributed by atoms with E-state index in [1.807, 2.05) is 12.1 Å². The number of amides is 1. The Kier molecular flexibility index (Phi) is 6.22. The number of anilines is 1. The monoisotopic (exact) mass is 447 g/mol. The summed E-state index contributed by atoms with van der Waals surface area (Å²) in [6.07, 6.45) is 1.85. The van der Waals surface area contributed by atoms with Crippen LogP contribution in [0, 0.1) is 12.8 Å². The average molecular weight is 448 g/mol. The van der Waals surface area contributed by atoms with Gasteiger partial charge in [0.1, 0.15) is 11.6 Å². The number of aromatic amines is 1. The van der Waals surface area contributed by atoms with E-state index in [9.17, 15) is 4.79 Å². The van der Waals surface area contributed by atoms with Crippen LogP contribution in [-0.2, 0) is 11.3 Å². The predicted molar refractivity (Wildman–Crippen MR) is 131 cm³/mol. The lowest BCUT2D eigenvalue weighted by Crippen LogP contribution is -2.51. The molecular weight excluding hydrogens is 414 g/mol. The molecule has 1 aromatic heterocycles. The first kappa shape index (κ1) is 21.8. The van der Waals surface area contributed by atoms with E-state index in [1.54, 1.807) is 7.11 Å². The lowest BCUT2D eigenvalue weighted by Gasteiger charge is -2.39. The molecule has 3 aromatic rings. The average Bonchev–Trinajstić information content (AvgIpc) is 3.25. The van der Waals surface area contributed by atoms with Gasteiger partial charge in [0, 0.05) is 43.9 Å². The number of hydrogen-bond acceptors (Lipinski definition) is 5. The number of H-pyrrole nitrogens is 1. The van der Waals surface area contributed by atoms with E-state index in [1.165, 1.54) is 5.56 Å². The first-order chi connectivity index (χ1) is 16.1. The van der Waals surface area contributed by atoms with Gasteiger partial charge < -0.3 is 19.5 Å². The summed E-state index contributed by atoms with van der Waals surface area (Å²) in [5, 5.41) is 0. The third kappa shape index (κ3) is 4.83. The summed E-state index contributed by atoms with van der Waals surface area (Å²) in [6, 6.07) is 14.5. The van der Waals surface area contributed by atoms with Crippen molar-refractivity contribution in [2.24, 2.45) is 5.92 Å². The van der Waals surface area contributed by atoms with Gasteiger partial charge in [0.15, 0.2) is 0 Å². The molecule has 0 radical (unpaired) electrons. The van der Waals surface area contributed by atoms with Crippen molar-refractivity contribution in [3.8, 4) is 5.75 Å². The van der Waals surface area contributed by atoms with E-state index >= 15 is 0 Å². The Balaban J connectivity index is 1.11. The number of carbonyl (C=O) groups is 1. The highest BCUT2D eigenvalue weighted by Gasteiger charge is 2.30. The lowest BCUT2D eigenvalue weighted by atomic mass is 9.95. The van der Waals surface area contributed by atoms with E-state index in [2.05, 4.69) is 56.9 Å². The third-order valence-corrected chi connectivity index (χ3v) is 7.01. The smallest absolute Gasteiger partial charge is 0.225 e. The van der Waals surface area contributed by atoms with Gasteiger partial charge in [-0.15, -0.1) is 0 Å². The van der Waals surface area contributed by atoms with Crippen LogP contribution in [0.1, 0.15) is 24.2 Å². The minimum Gasteiger partial charge on any atom is -0.497 e. The van der Waals surface area contributed by atoms with Crippen LogP contribution in [0.5, 0.6) is 5.75 Å². The second-order valence-corrected chi connectivity index (χ2v) is 9.27. The Bertz CT molecular complexity index is 1110. The number of hydrogen-bond donors (Lipinski definition) is 1. The first-order valence-electron chi connectivity index (χ1n) is 11.9. The van der Waals surface area contributed by atoms with Crippen molar-refractivity contribution >= 4 is 22.6 Å². The zero-order valence-electron chi connectivity index (χ0n) is 19.6. The molecule has 0 spiro atoms. The van der Waals surface area contributed by atoms with Crippen LogP contribution in [-0.4, -0.2) is 72.1 Å². The van der Waals surface area contributed by atoms with Crippen molar-refractivity contribution in [1.29, 1.82) is 0 Å². The number of aryl methyl sites for hydroxylation is 1. The van der Waals surface area contributed by atoms with Crippen molar-refractivity contribution in [2.75, 3.05) is 51.3 Å². The molecule has 1 N–H and O–H groups in total. The number of carbonyl (C=O) groups excluding carboxylic acids is 1. The molecule has 0 unspecified atom stereocenters. The van der Waals surface area contributed by atoms with E-state index in [0.29, 0.717) is 5.91 Å². The van der Waals surface area contributed by atoms with Gasteiger partial charge in [0.2, 0.25) is 5.91 Å². The van der Waals surface area contributed by atoms with Gasteiger partial charge in [0.25, 0.3) is 0 Å². The van der Waals surface area contributed by atoms with Gasteiger partial charge in [-0.05, 0) is 62.7 Å². The van der Waals surface area contributed by atoms with E-state index in [4.69, 9.17) is 9.72 Å². The van der Waals surface area contributed by atoms with Gasteiger partial charge in [-0.25, -0.2) is 4.98 Å². The van der Waals surface area contributed by atoms with Crippen LogP contribution in [0.4, 0.5) is 5.69 Å². The number of fused-ring (bicyclic) bond motifs is 1. The summed E-state index contributed by atoms with van der Waals surface area (Å²) in [7, 11) is 1.69. The number of likely N-dealkylation sites (tertiary alicyclic amines) is 1. The minimum atomic E-state index is 0.142. The van der Waals surface area contributed by atoms with Crippen LogP contribution in [0.15, 0.2) is 42.5 Å². The van der Waals surface area contributed by atoms with Crippen molar-refractivity contribution in [2.45, 2.75) is 26.3 Å². The fourth-order valence-corrected chi connectivity index (χ4v) is 5.05. The second-order valence-electron chi connectivity index (χ2n) is 9.27. The van der Waals surface area contributed by atoms with Crippen molar-refractivity contribution in [3.05, 3.63) is 53.9 Å². The quantitative estimate of drug-likeness (QED) is 0.649. The number of piperazine rings is 1. The maximum absolute atomic E-state index is 13.2. The molecule has 2 aliphatic heterocycles. The van der Waals surface area contributed by atoms with Gasteiger partial charge in [-0.1, -0.05) is 12.1 Å². The number of nitrogens with one attached hydrogen (secondary N) is 1. The molecular formula is C26H33N5O2. The molecule has 5 rings (SSSR count). The molecule has 2 fully saturated rings. The molecule has 0 aliphatic carbocycles. The maximum Gasteiger partial charge on any atom is 0.225 e. The van der Waals surface area contributed by atoms with Crippen LogP contribution in [0.3, 0.4) is 0 Å². The molecule has 33 heavy (non-hydrogen) atoms. The van der Waals surface area contributed by atoms with E-state index in [0.717, 1.165) is 86.9 Å². The Hall–Kier alpha value is -3.06. The number of imidazole rings is 1. The van der Waals surface area contributed by atoms with Gasteiger partial charge in [0.05, 0.1) is 24.7 Å². The Morgan fingerprint density at radius 1 is 1.06 bits per heavy atom. The summed E-state index contributed by atoms with van der Waals surface area (Å²) in [4.78, 5) is 28.2. The second kappa shape index (κ2) is 9.43. The molecule has 7 heteroatoms. The Morgan fingerprint density at radius 3 is 2.61 bits per heavy atom. The number of aromatic nitrogens is 2. The molecule has 3 heterocycles. The number of ether oxygens (including phenoxy) is 1. The Morgan fingerprint density at radius 2 is 1.85 bits per heavy atom. The molecule has 0 saturated carbocycles. The molecule has 2 aromatic carbocycles. The normalized spacial score (nSPS) is 18.1. The van der Waals surface area contributed by atoms with Crippen LogP contribution in [0.2, 0.25) is 0 Å². The largest absolute Gasteiger partial charge is 0.497 e. The van der Waals surface area contributed by atoms with Gasteiger partial charge >= 0.3 is 0 Å². The number of methoxy groups -OCH3 is 1. The summed E-state index contributed by atoms with van der Waals surface area (Å²) < 4.78 is 5.35. The zero-order chi connectivity index (χ0) is 22.8. The fourth-order valence-electron chi connectivity index (χ4n) is 5.05. The summed E-state index contributed by atoms with van der Waals surface area (Å²) in [5.74, 6) is 2.35. The molecule has 0 atom stereocenters. The SMILES string of the molecule is COc1cccc(N2CCN(C(=O)C3CCN(Cc4nc5ccc(C)cc5[nH]4)CC3)CC2)c1. The summed E-state index contributed by atoms with van der Waals surface area (Å²) in [6.45, 7) is 8.09. The summed E-state index contributed by atoms with van der Waals surface area (Å²) in [5.41, 5.74) is 4.52. The molecule has 0 bridgehead atoms. The first-order valence-corrected chi connectivity index (χ1v) is 11.9. The van der Waals surface area contributed by atoms with Crippen molar-refractivity contribution in [3.63, 3.8) is 0 Å². The number of benzene rings is 2. The van der Waals surface area contributed by atoms with Crippen molar-refractivity contribution < 1.29 is 9.53 Å². The highest BCUT2D eigenvalue weighted by atomic mass is 16.5. The van der Waals surface area contributed by atoms with E-state index in [-0.39, 0.29) is 5.92 Å². The molecule has 7 nitrogen and oxygen atoms in total. The van der Waals surface area contributed by atoms with Crippen LogP contribution in [0.25, 0.3) is 11.0 Å². The molecule has 2 aliphatic rings. The summed E-state index contributed by atoms with van der Waals surface area (Å²) >= 11 is 0. The lowest BCUT2D eigenvalue weighted by molar-refractivity contribution is -0.137. The highest BCUT2D eigenvalue weighted by molar-refractivity contribution is 5.79. The topological polar surface area (TPSA) is 64.7 Å². The number of piperidine rings is 1. The van der Waals surface area contributed by atoms with Crippen LogP contribution < -0.4 is 9.64 Å². The fraction of sp³-hybridized carbons (Fsp3) is 0.462. The molecule has 2 saturated heterocycles. The van der Waals surface area contributed by atoms with Gasteiger partial charge in [-0.3, -0.25) is 9.69 Å². The standard InChI is InChI=1S/C26H33N5O2/c1-19-6-7-23-24(16-19)28-25(27-23)18-29-10-8-20(9-11-29)26(32)31-14-12-30(13-15-31)21-4-3-5-22(17-21)33-2/h3-7,16-17,20H,8-15,18H2,1-2H3,(H,27,28). The van der Waals surface area contributed by atoms with Crippen LogP contribution >= 0.6 is 0 Å². The van der Waals surface area contributed by atoms with Crippen molar-refractivity contribution in [1.82, 2.24) is 19.8 Å². The predicted octanol–water partition coefficient (Wildman–Crippen LogP) is 3.44. The third-order valence-electron chi connectivity index (χ3n) is 7.01. The maximum atomic E-state index is 13.2. The number of rotatable bonds is 5. The molecule has 1 amide bonds. The highest BCUT2D eigenvalue weighted by Crippen LogP contribution is 2.25. The molecule has 174 valence electrons. The number of nitrogens with zero attached hydrogens (tertiary/aromatic N) is 4. The Labute approximate surface area is 195 Å². The zero-order valence-corrected chi connectivity index (χ0v) is 19.6. The minimum absolute atomic E-state index is 0.142. The van der Waals surface area contributed by atoms with Gasteiger partial charge in [-0.2, -0.15) is 0 Å².